The van der Waals surface area contributed by atoms with Gasteiger partial charge in [0, 0.05) is 0 Å². The van der Waals surface area contributed by atoms with Crippen molar-refractivity contribution in [2.24, 2.45) is 0 Å². The summed E-state index contributed by atoms with van der Waals surface area (Å²) in [4.78, 5) is 22.3. The van der Waals surface area contributed by atoms with Crippen molar-refractivity contribution in [1.82, 2.24) is 4.72 Å². The zero-order valence-electron chi connectivity index (χ0n) is 9.13. The minimum Gasteiger partial charge on any atom is -0.478 e. The van der Waals surface area contributed by atoms with Crippen LogP contribution < -0.4 is 4.72 Å². The van der Waals surface area contributed by atoms with Crippen LogP contribution in [0, 0.1) is 0 Å². The second-order valence-corrected chi connectivity index (χ2v) is 5.32. The fraction of sp³-hybridized carbons (Fsp3) is 0.0909. The molecule has 0 radical (unpaired) electrons. The zero-order valence-corrected chi connectivity index (χ0v) is 9.95. The number of carbonyl (C=O) groups excluding carboxylic acids is 1. The van der Waals surface area contributed by atoms with Crippen LogP contribution >= 0.6 is 0 Å². The maximum atomic E-state index is 11.8. The molecule has 0 saturated carbocycles. The maximum absolute atomic E-state index is 11.8. The number of hydrogen-bond donors (Lipinski definition) is 2. The molecule has 2 N–H and O–H groups in total. The van der Waals surface area contributed by atoms with Crippen LogP contribution in [0.3, 0.4) is 0 Å². The van der Waals surface area contributed by atoms with Crippen LogP contribution in [0.1, 0.15) is 26.3 Å². The van der Waals surface area contributed by atoms with Crippen LogP contribution in [-0.4, -0.2) is 25.4 Å². The van der Waals surface area contributed by atoms with Crippen molar-refractivity contribution in [1.29, 1.82) is 0 Å². The van der Waals surface area contributed by atoms with E-state index in [1.54, 1.807) is 0 Å². The molecule has 1 aliphatic heterocycles. The van der Waals surface area contributed by atoms with E-state index in [1.807, 2.05) is 4.72 Å². The number of aromatic carboxylic acids is 1. The first-order valence-electron chi connectivity index (χ1n) is 4.95. The van der Waals surface area contributed by atoms with Crippen molar-refractivity contribution in [3.8, 4) is 0 Å². The molecule has 1 amide bonds. The van der Waals surface area contributed by atoms with E-state index in [0.29, 0.717) is 0 Å². The second kappa shape index (κ2) is 3.95. The lowest BCUT2D eigenvalue weighted by atomic mass is 10.0. The monoisotopic (exact) mass is 267 g/mol. The Morgan fingerprint density at radius 2 is 2.11 bits per heavy atom. The highest BCUT2D eigenvalue weighted by Crippen LogP contribution is 2.29. The summed E-state index contributed by atoms with van der Waals surface area (Å²) in [6.45, 7) is 3.46. The Morgan fingerprint density at radius 1 is 1.44 bits per heavy atom. The largest absolute Gasteiger partial charge is 0.478 e. The third kappa shape index (κ3) is 1.68. The van der Waals surface area contributed by atoms with Crippen LogP contribution in [0.4, 0.5) is 0 Å². The molecular formula is C11H9NO5S. The predicted octanol–water partition coefficient (Wildman–Crippen LogP) is 0.545. The van der Waals surface area contributed by atoms with Crippen molar-refractivity contribution in [2.75, 3.05) is 0 Å². The van der Waals surface area contributed by atoms with E-state index in [1.165, 1.54) is 18.2 Å². The molecule has 0 bridgehead atoms. The molecule has 1 aliphatic rings. The average molecular weight is 267 g/mol. The predicted molar refractivity (Wildman–Crippen MR) is 62.0 cm³/mol. The van der Waals surface area contributed by atoms with Gasteiger partial charge in [-0.2, -0.15) is 0 Å². The smallest absolute Gasteiger partial charge is 0.336 e. The number of benzene rings is 1. The molecule has 1 aromatic rings. The highest BCUT2D eigenvalue weighted by molar-refractivity contribution is 7.90. The number of hydrogen-bond acceptors (Lipinski definition) is 4. The molecule has 18 heavy (non-hydrogen) atoms. The van der Waals surface area contributed by atoms with Gasteiger partial charge in [-0.15, -0.1) is 6.58 Å². The summed E-state index contributed by atoms with van der Waals surface area (Å²) >= 11 is 0. The van der Waals surface area contributed by atoms with Crippen LogP contribution in [0.25, 0.3) is 0 Å². The Morgan fingerprint density at radius 3 is 2.67 bits per heavy atom. The van der Waals surface area contributed by atoms with E-state index in [4.69, 9.17) is 5.11 Å². The van der Waals surface area contributed by atoms with Crippen molar-refractivity contribution < 1.29 is 23.1 Å². The second-order valence-electron chi connectivity index (χ2n) is 3.70. The van der Waals surface area contributed by atoms with Gasteiger partial charge in [0.05, 0.1) is 11.1 Å². The Balaban J connectivity index is 2.86. The summed E-state index contributed by atoms with van der Waals surface area (Å²) < 4.78 is 25.4. The van der Waals surface area contributed by atoms with Crippen molar-refractivity contribution >= 4 is 21.9 Å². The number of nitrogens with one attached hydrogen (secondary N) is 1. The van der Waals surface area contributed by atoms with E-state index < -0.39 is 21.9 Å². The Kier molecular flexibility index (Phi) is 2.70. The molecule has 2 rings (SSSR count). The molecule has 1 heterocycles. The summed E-state index contributed by atoms with van der Waals surface area (Å²) in [6, 6.07) is 2.42. The minimum absolute atomic E-state index is 0.0307. The number of carboxylic acids is 1. The van der Waals surface area contributed by atoms with Gasteiger partial charge >= 0.3 is 5.97 Å². The number of sulfonamides is 1. The highest BCUT2D eigenvalue weighted by atomic mass is 32.2. The fourth-order valence-corrected chi connectivity index (χ4v) is 3.31. The maximum Gasteiger partial charge on any atom is 0.336 e. The minimum atomic E-state index is -3.97. The lowest BCUT2D eigenvalue weighted by Gasteiger charge is -2.07. The van der Waals surface area contributed by atoms with Gasteiger partial charge in [-0.1, -0.05) is 6.08 Å². The molecule has 1 aromatic carbocycles. The standard InChI is InChI=1S/C11H9NO5S/c1-2-3-6-7(11(14)15)4-5-8-9(6)18(16,17)12-10(8)13/h2,4-5H,1,3H2,(H,12,13)(H,14,15). The molecule has 0 aromatic heterocycles. The number of allylic oxidation sites excluding steroid dienone is 1. The van der Waals surface area contributed by atoms with E-state index in [-0.39, 0.29) is 28.0 Å². The van der Waals surface area contributed by atoms with Crippen molar-refractivity contribution in [2.45, 2.75) is 11.3 Å². The molecule has 7 heteroatoms. The highest BCUT2D eigenvalue weighted by Gasteiger charge is 2.36. The topological polar surface area (TPSA) is 101 Å². The molecule has 6 nitrogen and oxygen atoms in total. The summed E-state index contributed by atoms with van der Waals surface area (Å²) in [5.74, 6) is -1.99. The summed E-state index contributed by atoms with van der Waals surface area (Å²) in [6.07, 6.45) is 1.44. The molecule has 94 valence electrons. The van der Waals surface area contributed by atoms with E-state index in [0.717, 1.165) is 0 Å². The lowest BCUT2D eigenvalue weighted by molar-refractivity contribution is 0.0695. The number of carboxylic acid groups (broad SMARTS) is 1. The van der Waals surface area contributed by atoms with Crippen molar-refractivity contribution in [3.63, 3.8) is 0 Å². The molecule has 0 unspecified atom stereocenters. The van der Waals surface area contributed by atoms with Gasteiger partial charge in [-0.05, 0) is 24.1 Å². The van der Waals surface area contributed by atoms with Crippen molar-refractivity contribution in [3.05, 3.63) is 41.5 Å². The Bertz CT molecular complexity index is 675. The Hall–Kier alpha value is -2.15. The number of amides is 1. The van der Waals surface area contributed by atoms with E-state index in [2.05, 4.69) is 6.58 Å². The zero-order chi connectivity index (χ0) is 13.5. The first-order chi connectivity index (χ1) is 8.38. The van der Waals surface area contributed by atoms with Gasteiger partial charge in [-0.3, -0.25) is 4.79 Å². The first-order valence-corrected chi connectivity index (χ1v) is 6.44. The molecular weight excluding hydrogens is 258 g/mol. The number of rotatable bonds is 3. The summed E-state index contributed by atoms with van der Waals surface area (Å²) in [5.41, 5.74) is -0.0982. The lowest BCUT2D eigenvalue weighted by Crippen LogP contribution is -2.21. The van der Waals surface area contributed by atoms with Gasteiger partial charge in [0.15, 0.2) is 0 Å². The van der Waals surface area contributed by atoms with Gasteiger partial charge in [-0.25, -0.2) is 17.9 Å². The summed E-state index contributed by atoms with van der Waals surface area (Å²) in [7, 11) is -3.97. The molecule has 0 spiro atoms. The Labute approximate surface area is 103 Å². The van der Waals surface area contributed by atoms with E-state index >= 15 is 0 Å². The van der Waals surface area contributed by atoms with Gasteiger partial charge < -0.3 is 5.11 Å². The number of carbonyl (C=O) groups is 2. The average Bonchev–Trinajstić information content (AvgIpc) is 2.50. The SMILES string of the molecule is C=CCc1c(C(=O)O)ccc2c1S(=O)(=O)NC2=O. The normalized spacial score (nSPS) is 15.9. The fourth-order valence-electron chi connectivity index (χ4n) is 1.89. The molecule has 0 atom stereocenters. The van der Waals surface area contributed by atoms with E-state index in [9.17, 15) is 18.0 Å². The molecule has 0 fully saturated rings. The first kappa shape index (κ1) is 12.3. The van der Waals surface area contributed by atoms with Gasteiger partial charge in [0.1, 0.15) is 4.90 Å². The van der Waals surface area contributed by atoms with Gasteiger partial charge in [0.2, 0.25) is 0 Å². The van der Waals surface area contributed by atoms with Gasteiger partial charge in [0.25, 0.3) is 15.9 Å². The quantitative estimate of drug-likeness (QED) is 0.779. The van der Waals surface area contributed by atoms with Crippen LogP contribution in [0.5, 0.6) is 0 Å². The van der Waals surface area contributed by atoms with Crippen LogP contribution in [-0.2, 0) is 16.4 Å². The molecule has 0 aliphatic carbocycles. The summed E-state index contributed by atoms with van der Waals surface area (Å²) in [5, 5.41) is 9.03. The third-order valence-electron chi connectivity index (χ3n) is 2.58. The molecule has 0 saturated heterocycles. The third-order valence-corrected chi connectivity index (χ3v) is 4.04. The van der Waals surface area contributed by atoms with Crippen LogP contribution in [0.15, 0.2) is 29.7 Å². The number of fused-ring (bicyclic) bond motifs is 1. The van der Waals surface area contributed by atoms with Crippen LogP contribution in [0.2, 0.25) is 0 Å².